The number of aliphatic hydroxyl groups is 2. The van der Waals surface area contributed by atoms with Gasteiger partial charge in [-0.05, 0) is 68.3 Å². The minimum Gasteiger partial charge on any atom is -0.395 e. The van der Waals surface area contributed by atoms with Crippen LogP contribution >= 0.6 is 0 Å². The van der Waals surface area contributed by atoms with Crippen LogP contribution in [0.15, 0.2) is 48.5 Å². The summed E-state index contributed by atoms with van der Waals surface area (Å²) in [6.45, 7) is 3.84. The van der Waals surface area contributed by atoms with Gasteiger partial charge in [0.1, 0.15) is 11.9 Å². The molecule has 0 aliphatic carbocycles. The Morgan fingerprint density at radius 3 is 2.47 bits per heavy atom. The van der Waals surface area contributed by atoms with Crippen molar-refractivity contribution in [3.05, 3.63) is 71.0 Å². The number of amides is 1. The molecule has 32 heavy (non-hydrogen) atoms. The summed E-state index contributed by atoms with van der Waals surface area (Å²) in [5.41, 5.74) is 2.44. The van der Waals surface area contributed by atoms with E-state index in [0.717, 1.165) is 30.5 Å². The van der Waals surface area contributed by atoms with Crippen LogP contribution in [-0.2, 0) is 0 Å². The number of fused-ring (bicyclic) bond motifs is 1. The van der Waals surface area contributed by atoms with E-state index in [1.54, 1.807) is 6.92 Å². The molecule has 2 saturated heterocycles. The van der Waals surface area contributed by atoms with Crippen LogP contribution in [0.3, 0.4) is 0 Å². The van der Waals surface area contributed by atoms with Gasteiger partial charge in [0.05, 0.1) is 6.61 Å². The third kappa shape index (κ3) is 4.71. The number of aliphatic hydroxyl groups excluding tert-OH is 2. The van der Waals surface area contributed by atoms with Gasteiger partial charge in [0.25, 0.3) is 5.91 Å². The van der Waals surface area contributed by atoms with Crippen molar-refractivity contribution in [2.45, 2.75) is 43.9 Å². The highest BCUT2D eigenvalue weighted by Gasteiger charge is 2.49. The molecule has 0 radical (unpaired) electrons. The first kappa shape index (κ1) is 22.5. The standard InChI is InChI=1S/C26H29FN2O3/c1-18(31)4-5-19-6-8-20(9-7-19)25-23-16-28(14-2-3-15-29(23)24(25)17-30)26(32)21-10-12-22(27)13-11-21/h6-13,18,23-25,30-31H,2-3,14-17H2,1H3/t18-,23+,24-,25+/m1/s1. The third-order valence-corrected chi connectivity index (χ3v) is 6.47. The van der Waals surface area contributed by atoms with E-state index in [-0.39, 0.29) is 36.3 Å². The number of benzene rings is 2. The number of halogens is 1. The van der Waals surface area contributed by atoms with E-state index in [4.69, 9.17) is 0 Å². The molecular weight excluding hydrogens is 407 g/mol. The van der Waals surface area contributed by atoms with Crippen molar-refractivity contribution >= 4 is 5.91 Å². The number of nitrogens with zero attached hydrogens (tertiary/aromatic N) is 2. The molecule has 0 saturated carbocycles. The van der Waals surface area contributed by atoms with E-state index in [1.165, 1.54) is 24.3 Å². The molecule has 4 rings (SSSR count). The number of hydrogen-bond acceptors (Lipinski definition) is 4. The van der Waals surface area contributed by atoms with Crippen molar-refractivity contribution in [3.63, 3.8) is 0 Å². The Morgan fingerprint density at radius 1 is 1.12 bits per heavy atom. The van der Waals surface area contributed by atoms with E-state index in [2.05, 4.69) is 16.7 Å². The average molecular weight is 437 g/mol. The van der Waals surface area contributed by atoms with Crippen LogP contribution in [0.4, 0.5) is 4.39 Å². The van der Waals surface area contributed by atoms with Crippen molar-refractivity contribution in [2.75, 3.05) is 26.2 Å². The largest absolute Gasteiger partial charge is 0.395 e. The second-order valence-electron chi connectivity index (χ2n) is 8.61. The minimum absolute atomic E-state index is 0.0234. The molecule has 2 N–H and O–H groups in total. The van der Waals surface area contributed by atoms with Gasteiger partial charge in [-0.25, -0.2) is 4.39 Å². The number of rotatable bonds is 3. The molecule has 168 valence electrons. The zero-order valence-electron chi connectivity index (χ0n) is 18.2. The van der Waals surface area contributed by atoms with Crippen LogP contribution in [0, 0.1) is 17.7 Å². The van der Waals surface area contributed by atoms with Gasteiger partial charge in [0.15, 0.2) is 0 Å². The molecule has 0 unspecified atom stereocenters. The Bertz CT molecular complexity index is 994. The van der Waals surface area contributed by atoms with Gasteiger partial charge in [0.2, 0.25) is 0 Å². The van der Waals surface area contributed by atoms with Crippen molar-refractivity contribution in [3.8, 4) is 11.8 Å². The highest BCUT2D eigenvalue weighted by molar-refractivity contribution is 5.94. The molecule has 1 amide bonds. The summed E-state index contributed by atoms with van der Waals surface area (Å²) in [5.74, 6) is 5.37. The maximum atomic E-state index is 13.3. The second kappa shape index (κ2) is 9.83. The van der Waals surface area contributed by atoms with Gasteiger partial charge < -0.3 is 15.1 Å². The molecule has 2 heterocycles. The van der Waals surface area contributed by atoms with Gasteiger partial charge in [-0.3, -0.25) is 9.69 Å². The Morgan fingerprint density at radius 2 is 1.81 bits per heavy atom. The van der Waals surface area contributed by atoms with E-state index in [1.807, 2.05) is 29.2 Å². The van der Waals surface area contributed by atoms with Crippen molar-refractivity contribution in [1.82, 2.24) is 9.80 Å². The van der Waals surface area contributed by atoms with Crippen LogP contribution in [0.2, 0.25) is 0 Å². The summed E-state index contributed by atoms with van der Waals surface area (Å²) >= 11 is 0. The first-order valence-corrected chi connectivity index (χ1v) is 11.2. The van der Waals surface area contributed by atoms with Crippen molar-refractivity contribution in [2.24, 2.45) is 0 Å². The van der Waals surface area contributed by atoms with Crippen molar-refractivity contribution in [1.29, 1.82) is 0 Å². The molecule has 5 nitrogen and oxygen atoms in total. The van der Waals surface area contributed by atoms with Gasteiger partial charge in [0, 0.05) is 42.2 Å². The molecule has 2 aliphatic rings. The van der Waals surface area contributed by atoms with Crippen LogP contribution in [0.25, 0.3) is 0 Å². The van der Waals surface area contributed by atoms with E-state index in [0.29, 0.717) is 18.7 Å². The lowest BCUT2D eigenvalue weighted by Gasteiger charge is -2.57. The topological polar surface area (TPSA) is 64.0 Å². The van der Waals surface area contributed by atoms with Crippen LogP contribution in [0.1, 0.15) is 47.2 Å². The molecule has 0 aromatic heterocycles. The molecule has 0 bridgehead atoms. The Balaban J connectivity index is 1.55. The van der Waals surface area contributed by atoms with E-state index >= 15 is 0 Å². The van der Waals surface area contributed by atoms with Crippen LogP contribution in [0.5, 0.6) is 0 Å². The normalized spacial score (nSPS) is 24.2. The fourth-order valence-electron chi connectivity index (χ4n) is 4.88. The predicted molar refractivity (Wildman–Crippen MR) is 121 cm³/mol. The van der Waals surface area contributed by atoms with Gasteiger partial charge in [-0.1, -0.05) is 24.0 Å². The molecule has 4 atom stereocenters. The summed E-state index contributed by atoms with van der Waals surface area (Å²) < 4.78 is 13.3. The summed E-state index contributed by atoms with van der Waals surface area (Å²) in [7, 11) is 0. The lowest BCUT2D eigenvalue weighted by Crippen LogP contribution is -2.67. The lowest BCUT2D eigenvalue weighted by molar-refractivity contribution is -0.0606. The summed E-state index contributed by atoms with van der Waals surface area (Å²) in [6.07, 6.45) is 1.18. The lowest BCUT2D eigenvalue weighted by atomic mass is 9.74. The van der Waals surface area contributed by atoms with E-state index in [9.17, 15) is 19.4 Å². The first-order valence-electron chi connectivity index (χ1n) is 11.2. The van der Waals surface area contributed by atoms with Crippen LogP contribution in [-0.4, -0.2) is 70.3 Å². The van der Waals surface area contributed by atoms with Gasteiger partial charge in [-0.15, -0.1) is 0 Å². The third-order valence-electron chi connectivity index (χ3n) is 6.47. The zero-order valence-corrected chi connectivity index (χ0v) is 18.2. The second-order valence-corrected chi connectivity index (χ2v) is 8.61. The first-order chi connectivity index (χ1) is 15.5. The van der Waals surface area contributed by atoms with Crippen molar-refractivity contribution < 1.29 is 19.4 Å². The monoisotopic (exact) mass is 436 g/mol. The fourth-order valence-corrected chi connectivity index (χ4v) is 4.88. The Kier molecular flexibility index (Phi) is 6.90. The van der Waals surface area contributed by atoms with E-state index < -0.39 is 6.10 Å². The van der Waals surface area contributed by atoms with Gasteiger partial charge in [-0.2, -0.15) is 0 Å². The Labute approximate surface area is 188 Å². The number of carbonyl (C=O) groups excluding carboxylic acids is 1. The maximum absolute atomic E-state index is 13.3. The molecule has 2 aliphatic heterocycles. The molecule has 2 aromatic carbocycles. The minimum atomic E-state index is -0.673. The molecule has 2 aromatic rings. The molecule has 0 spiro atoms. The van der Waals surface area contributed by atoms with Gasteiger partial charge >= 0.3 is 0 Å². The smallest absolute Gasteiger partial charge is 0.253 e. The highest BCUT2D eigenvalue weighted by Crippen LogP contribution is 2.42. The number of hydrogen-bond donors (Lipinski definition) is 2. The van der Waals surface area contributed by atoms with Crippen LogP contribution < -0.4 is 0 Å². The predicted octanol–water partition coefficient (Wildman–Crippen LogP) is 2.62. The number of carbonyl (C=O) groups is 1. The maximum Gasteiger partial charge on any atom is 0.253 e. The average Bonchev–Trinajstić information content (AvgIpc) is 2.77. The molecule has 2 fully saturated rings. The summed E-state index contributed by atoms with van der Waals surface area (Å²) in [6, 6.07) is 13.8. The highest BCUT2D eigenvalue weighted by atomic mass is 19.1. The zero-order chi connectivity index (χ0) is 22.7. The Hall–Kier alpha value is -2.72. The summed E-state index contributed by atoms with van der Waals surface area (Å²) in [5, 5.41) is 19.4. The SMILES string of the molecule is C[C@@H](O)C#Cc1ccc([C@@H]2[C@@H](CO)N3CCCCN(C(=O)c4ccc(F)cc4)C[C@@H]23)cc1. The quantitative estimate of drug-likeness (QED) is 0.727. The molecular formula is C26H29FN2O3. The summed E-state index contributed by atoms with van der Waals surface area (Å²) in [4.78, 5) is 17.3. The molecule has 6 heteroatoms. The fraction of sp³-hybridized carbons (Fsp3) is 0.423.